The third kappa shape index (κ3) is 4.33. The molecular weight excluding hydrogens is 330 g/mol. The van der Waals surface area contributed by atoms with Crippen molar-refractivity contribution in [1.82, 2.24) is 0 Å². The molecular formula is C16H14BrN3O. The average Bonchev–Trinajstić information content (AvgIpc) is 2.49. The van der Waals surface area contributed by atoms with Gasteiger partial charge >= 0.3 is 0 Å². The van der Waals surface area contributed by atoms with Crippen LogP contribution in [0.15, 0.2) is 46.9 Å². The molecule has 1 amide bonds. The summed E-state index contributed by atoms with van der Waals surface area (Å²) in [5.74, 6) is -0.130. The quantitative estimate of drug-likeness (QED) is 0.889. The average molecular weight is 344 g/mol. The first kappa shape index (κ1) is 15.1. The van der Waals surface area contributed by atoms with Gasteiger partial charge < -0.3 is 10.6 Å². The number of nitrogens with zero attached hydrogens (tertiary/aromatic N) is 1. The van der Waals surface area contributed by atoms with Crippen LogP contribution in [0, 0.1) is 18.3 Å². The molecule has 0 unspecified atom stereocenters. The summed E-state index contributed by atoms with van der Waals surface area (Å²) in [7, 11) is 0. The smallest absolute Gasteiger partial charge is 0.243 e. The molecule has 2 N–H and O–H groups in total. The maximum absolute atomic E-state index is 11.9. The molecule has 0 aliphatic rings. The lowest BCUT2D eigenvalue weighted by Gasteiger charge is -2.09. The lowest BCUT2D eigenvalue weighted by atomic mass is 10.2. The number of carbonyl (C=O) groups excluding carboxylic acids is 1. The number of hydrogen-bond donors (Lipinski definition) is 2. The van der Waals surface area contributed by atoms with E-state index in [0.29, 0.717) is 5.56 Å². The Balaban J connectivity index is 1.89. The van der Waals surface area contributed by atoms with Crippen molar-refractivity contribution in [3.63, 3.8) is 0 Å². The van der Waals surface area contributed by atoms with E-state index in [1.807, 2.05) is 25.1 Å². The van der Waals surface area contributed by atoms with E-state index in [-0.39, 0.29) is 12.5 Å². The van der Waals surface area contributed by atoms with E-state index in [9.17, 15) is 4.79 Å². The van der Waals surface area contributed by atoms with Gasteiger partial charge in [0, 0.05) is 15.8 Å². The zero-order chi connectivity index (χ0) is 15.2. The highest BCUT2D eigenvalue weighted by Crippen LogP contribution is 2.20. The predicted molar refractivity (Wildman–Crippen MR) is 87.2 cm³/mol. The van der Waals surface area contributed by atoms with E-state index in [1.165, 1.54) is 0 Å². The Morgan fingerprint density at radius 2 is 1.86 bits per heavy atom. The van der Waals surface area contributed by atoms with Crippen LogP contribution in [0.1, 0.15) is 11.1 Å². The third-order valence-electron chi connectivity index (χ3n) is 2.92. The van der Waals surface area contributed by atoms with Crippen LogP contribution in [-0.4, -0.2) is 12.5 Å². The summed E-state index contributed by atoms with van der Waals surface area (Å²) in [5.41, 5.74) is 3.26. The van der Waals surface area contributed by atoms with Crippen LogP contribution in [0.4, 0.5) is 11.4 Å². The third-order valence-corrected chi connectivity index (χ3v) is 3.78. The number of benzene rings is 2. The maximum Gasteiger partial charge on any atom is 0.243 e. The van der Waals surface area contributed by atoms with Gasteiger partial charge in [0.15, 0.2) is 0 Å². The summed E-state index contributed by atoms with van der Waals surface area (Å²) < 4.78 is 0.959. The molecule has 0 radical (unpaired) electrons. The van der Waals surface area contributed by atoms with E-state index >= 15 is 0 Å². The first-order valence-electron chi connectivity index (χ1n) is 6.38. The Hall–Kier alpha value is -2.32. The molecule has 0 saturated carbocycles. The maximum atomic E-state index is 11.9. The molecule has 0 aliphatic heterocycles. The zero-order valence-corrected chi connectivity index (χ0v) is 13.1. The monoisotopic (exact) mass is 343 g/mol. The normalized spacial score (nSPS) is 9.76. The first-order valence-corrected chi connectivity index (χ1v) is 7.18. The standard InChI is InChI=1S/C16H14BrN3O/c1-11-2-5-14(8-15(11)17)20-16(21)10-19-13-6-3-12(9-18)4-7-13/h2-8,19H,10H2,1H3,(H,20,21). The fourth-order valence-corrected chi connectivity index (χ4v) is 2.10. The van der Waals surface area contributed by atoms with Crippen LogP contribution in [-0.2, 0) is 4.79 Å². The van der Waals surface area contributed by atoms with E-state index in [4.69, 9.17) is 5.26 Å². The van der Waals surface area contributed by atoms with Crippen molar-refractivity contribution in [2.24, 2.45) is 0 Å². The summed E-state index contributed by atoms with van der Waals surface area (Å²) in [6.45, 7) is 2.15. The number of hydrogen-bond acceptors (Lipinski definition) is 3. The molecule has 106 valence electrons. The molecule has 0 spiro atoms. The van der Waals surface area contributed by atoms with Crippen LogP contribution in [0.2, 0.25) is 0 Å². The van der Waals surface area contributed by atoms with Crippen molar-refractivity contribution in [1.29, 1.82) is 5.26 Å². The second-order valence-corrected chi connectivity index (χ2v) is 5.41. The van der Waals surface area contributed by atoms with Gasteiger partial charge in [-0.25, -0.2) is 0 Å². The van der Waals surface area contributed by atoms with Gasteiger partial charge in [0.2, 0.25) is 5.91 Å². The molecule has 21 heavy (non-hydrogen) atoms. The summed E-state index contributed by atoms with van der Waals surface area (Å²) in [6, 6.07) is 14.7. The molecule has 0 fully saturated rings. The first-order chi connectivity index (χ1) is 10.1. The number of nitrogens with one attached hydrogen (secondary N) is 2. The van der Waals surface area contributed by atoms with E-state index in [0.717, 1.165) is 21.4 Å². The highest BCUT2D eigenvalue weighted by Gasteiger charge is 2.04. The molecule has 0 aromatic heterocycles. The molecule has 0 saturated heterocycles. The van der Waals surface area contributed by atoms with E-state index in [1.54, 1.807) is 24.3 Å². The molecule has 5 heteroatoms. The highest BCUT2D eigenvalue weighted by atomic mass is 79.9. The van der Waals surface area contributed by atoms with Crippen molar-refractivity contribution in [3.05, 3.63) is 58.1 Å². The topological polar surface area (TPSA) is 64.9 Å². The molecule has 0 bridgehead atoms. The fraction of sp³-hybridized carbons (Fsp3) is 0.125. The van der Waals surface area contributed by atoms with Crippen LogP contribution in [0.5, 0.6) is 0 Å². The molecule has 2 rings (SSSR count). The van der Waals surface area contributed by atoms with Gasteiger partial charge in [0.25, 0.3) is 0 Å². The second-order valence-electron chi connectivity index (χ2n) is 4.55. The molecule has 2 aromatic rings. The van der Waals surface area contributed by atoms with Gasteiger partial charge in [-0.2, -0.15) is 5.26 Å². The SMILES string of the molecule is Cc1ccc(NC(=O)CNc2ccc(C#N)cc2)cc1Br. The number of halogens is 1. The minimum Gasteiger partial charge on any atom is -0.376 e. The van der Waals surface area contributed by atoms with Gasteiger partial charge in [0.1, 0.15) is 0 Å². The van der Waals surface area contributed by atoms with Crippen LogP contribution in [0.25, 0.3) is 0 Å². The fourth-order valence-electron chi connectivity index (χ4n) is 1.72. The minimum absolute atomic E-state index is 0.130. The van der Waals surface area contributed by atoms with Crippen LogP contribution >= 0.6 is 15.9 Å². The lowest BCUT2D eigenvalue weighted by Crippen LogP contribution is -2.21. The Kier molecular flexibility index (Phi) is 4.96. The molecule has 0 aliphatic carbocycles. The summed E-state index contributed by atoms with van der Waals surface area (Å²) in [4.78, 5) is 11.9. The van der Waals surface area contributed by atoms with Gasteiger partial charge in [-0.1, -0.05) is 22.0 Å². The van der Waals surface area contributed by atoms with Crippen molar-refractivity contribution < 1.29 is 4.79 Å². The van der Waals surface area contributed by atoms with Gasteiger partial charge in [-0.15, -0.1) is 0 Å². The van der Waals surface area contributed by atoms with Gasteiger partial charge in [0.05, 0.1) is 18.2 Å². The number of carbonyl (C=O) groups is 1. The highest BCUT2D eigenvalue weighted by molar-refractivity contribution is 9.10. The van der Waals surface area contributed by atoms with Crippen LogP contribution < -0.4 is 10.6 Å². The number of anilines is 2. The Morgan fingerprint density at radius 1 is 1.19 bits per heavy atom. The van der Waals surface area contributed by atoms with E-state index < -0.39 is 0 Å². The number of amides is 1. The lowest BCUT2D eigenvalue weighted by molar-refractivity contribution is -0.114. The second kappa shape index (κ2) is 6.91. The van der Waals surface area contributed by atoms with Gasteiger partial charge in [-0.3, -0.25) is 4.79 Å². The van der Waals surface area contributed by atoms with Crippen molar-refractivity contribution in [2.75, 3.05) is 17.2 Å². The zero-order valence-electron chi connectivity index (χ0n) is 11.5. The summed E-state index contributed by atoms with van der Waals surface area (Å²) in [5, 5.41) is 14.5. The Labute approximate surface area is 131 Å². The number of rotatable bonds is 4. The molecule has 0 atom stereocenters. The summed E-state index contributed by atoms with van der Waals surface area (Å²) >= 11 is 3.43. The van der Waals surface area contributed by atoms with Crippen molar-refractivity contribution in [3.8, 4) is 6.07 Å². The molecule has 0 heterocycles. The minimum atomic E-state index is -0.130. The van der Waals surface area contributed by atoms with Gasteiger partial charge in [-0.05, 0) is 48.9 Å². The van der Waals surface area contributed by atoms with E-state index in [2.05, 4.69) is 32.6 Å². The number of nitriles is 1. The van der Waals surface area contributed by atoms with Crippen molar-refractivity contribution in [2.45, 2.75) is 6.92 Å². The molecule has 2 aromatic carbocycles. The van der Waals surface area contributed by atoms with Crippen LogP contribution in [0.3, 0.4) is 0 Å². The Bertz CT molecular complexity index is 690. The summed E-state index contributed by atoms with van der Waals surface area (Å²) in [6.07, 6.45) is 0. The molecule has 4 nitrogen and oxygen atoms in total. The van der Waals surface area contributed by atoms with Crippen molar-refractivity contribution >= 4 is 33.2 Å². The predicted octanol–water partition coefficient (Wildman–Crippen LogP) is 3.68. The largest absolute Gasteiger partial charge is 0.376 e. The Morgan fingerprint density at radius 3 is 2.48 bits per heavy atom. The number of aryl methyl sites for hydroxylation is 1.